The molecule has 2 heterocycles. The predicted molar refractivity (Wildman–Crippen MR) is 68.2 cm³/mol. The van der Waals surface area contributed by atoms with Gasteiger partial charge in [0.15, 0.2) is 17.3 Å². The molecule has 0 aliphatic carbocycles. The topological polar surface area (TPSA) is 117 Å². The Balaban J connectivity index is 2.34. The van der Waals surface area contributed by atoms with Gasteiger partial charge in [-0.05, 0) is 6.92 Å². The van der Waals surface area contributed by atoms with Gasteiger partial charge < -0.3 is 25.7 Å². The molecule has 0 aromatic carbocycles. The van der Waals surface area contributed by atoms with E-state index in [9.17, 15) is 5.11 Å². The second-order valence-electron chi connectivity index (χ2n) is 4.35. The molecule has 4 N–H and O–H groups in total. The van der Waals surface area contributed by atoms with Crippen molar-refractivity contribution >= 4 is 11.7 Å². The molecule has 1 fully saturated rings. The molecule has 2 rings (SSSR count). The maximum absolute atomic E-state index is 9.19. The summed E-state index contributed by atoms with van der Waals surface area (Å²) in [5.74, 6) is 0.425. The molecule has 0 bridgehead atoms. The Morgan fingerprint density at radius 2 is 2.32 bits per heavy atom. The van der Waals surface area contributed by atoms with Crippen LogP contribution in [0.4, 0.5) is 5.82 Å². The van der Waals surface area contributed by atoms with Crippen LogP contribution >= 0.6 is 0 Å². The van der Waals surface area contributed by atoms with Crippen molar-refractivity contribution in [2.24, 2.45) is 10.9 Å². The molecule has 1 saturated heterocycles. The quantitative estimate of drug-likeness (QED) is 0.283. The molecule has 1 aliphatic rings. The van der Waals surface area contributed by atoms with Crippen molar-refractivity contribution in [1.29, 1.82) is 0 Å². The minimum Gasteiger partial charge on any atom is -0.409 e. The van der Waals surface area contributed by atoms with Crippen molar-refractivity contribution in [1.82, 2.24) is 9.97 Å². The highest BCUT2D eigenvalue weighted by Gasteiger charge is 2.29. The molecule has 0 amide bonds. The van der Waals surface area contributed by atoms with Crippen LogP contribution in [0.25, 0.3) is 0 Å². The number of ether oxygens (including phenoxy) is 1. The summed E-state index contributed by atoms with van der Waals surface area (Å²) in [6, 6.07) is 0.0599. The van der Waals surface area contributed by atoms with Gasteiger partial charge in [0.05, 0.1) is 25.4 Å². The van der Waals surface area contributed by atoms with Gasteiger partial charge in [-0.2, -0.15) is 0 Å². The van der Waals surface area contributed by atoms with Gasteiger partial charge in [-0.25, -0.2) is 9.97 Å². The molecule has 2 unspecified atom stereocenters. The lowest BCUT2D eigenvalue weighted by Gasteiger charge is -2.38. The van der Waals surface area contributed by atoms with Crippen molar-refractivity contribution in [3.8, 4) is 0 Å². The number of aliphatic hydroxyl groups is 1. The van der Waals surface area contributed by atoms with Crippen LogP contribution in [0.3, 0.4) is 0 Å². The Kier molecular flexibility index (Phi) is 4.13. The highest BCUT2D eigenvalue weighted by Crippen LogP contribution is 2.22. The first-order valence-electron chi connectivity index (χ1n) is 5.95. The van der Waals surface area contributed by atoms with Crippen molar-refractivity contribution in [3.05, 3.63) is 18.1 Å². The number of aromatic nitrogens is 2. The number of anilines is 1. The van der Waals surface area contributed by atoms with Crippen molar-refractivity contribution < 1.29 is 15.1 Å². The summed E-state index contributed by atoms with van der Waals surface area (Å²) in [6.07, 6.45) is 2.74. The highest BCUT2D eigenvalue weighted by molar-refractivity contribution is 5.99. The van der Waals surface area contributed by atoms with Gasteiger partial charge in [-0.15, -0.1) is 0 Å². The number of aliphatic hydroxyl groups excluding tert-OH is 1. The number of rotatable bonds is 3. The Bertz CT molecular complexity index is 467. The lowest BCUT2D eigenvalue weighted by atomic mass is 10.2. The van der Waals surface area contributed by atoms with Gasteiger partial charge in [0.2, 0.25) is 0 Å². The van der Waals surface area contributed by atoms with Crippen LogP contribution in [0.1, 0.15) is 12.6 Å². The Hall–Kier alpha value is -1.93. The van der Waals surface area contributed by atoms with Crippen molar-refractivity contribution in [2.45, 2.75) is 19.1 Å². The third-order valence-electron chi connectivity index (χ3n) is 3.01. The van der Waals surface area contributed by atoms with E-state index in [1.54, 1.807) is 6.20 Å². The first-order valence-corrected chi connectivity index (χ1v) is 5.95. The largest absolute Gasteiger partial charge is 0.409 e. The lowest BCUT2D eigenvalue weighted by Crippen LogP contribution is -2.50. The van der Waals surface area contributed by atoms with Gasteiger partial charge in [0, 0.05) is 18.9 Å². The number of hydrogen-bond donors (Lipinski definition) is 3. The van der Waals surface area contributed by atoms with Crippen LogP contribution in [0.5, 0.6) is 0 Å². The fourth-order valence-corrected chi connectivity index (χ4v) is 1.99. The van der Waals surface area contributed by atoms with Crippen LogP contribution < -0.4 is 10.6 Å². The first-order chi connectivity index (χ1) is 9.17. The molecule has 0 spiro atoms. The summed E-state index contributed by atoms with van der Waals surface area (Å²) in [5.41, 5.74) is 5.92. The molecular formula is C11H17N5O3. The van der Waals surface area contributed by atoms with E-state index >= 15 is 0 Å². The van der Waals surface area contributed by atoms with Crippen LogP contribution in [-0.4, -0.2) is 58.0 Å². The van der Waals surface area contributed by atoms with Crippen molar-refractivity contribution in [2.75, 3.05) is 24.7 Å². The van der Waals surface area contributed by atoms with E-state index in [0.29, 0.717) is 24.7 Å². The number of nitrogens with zero attached hydrogens (tertiary/aromatic N) is 4. The van der Waals surface area contributed by atoms with E-state index in [1.807, 2.05) is 11.8 Å². The molecule has 1 aromatic heterocycles. The zero-order valence-corrected chi connectivity index (χ0v) is 10.6. The molecule has 19 heavy (non-hydrogen) atoms. The van der Waals surface area contributed by atoms with Crippen LogP contribution in [0.2, 0.25) is 0 Å². The predicted octanol–water partition coefficient (Wildman–Crippen LogP) is -0.843. The molecule has 1 aliphatic heterocycles. The van der Waals surface area contributed by atoms with Gasteiger partial charge in [-0.1, -0.05) is 5.16 Å². The first kappa shape index (κ1) is 13.5. The zero-order valence-electron chi connectivity index (χ0n) is 10.6. The van der Waals surface area contributed by atoms with Crippen molar-refractivity contribution in [3.63, 3.8) is 0 Å². The van der Waals surface area contributed by atoms with Gasteiger partial charge in [0.1, 0.15) is 0 Å². The summed E-state index contributed by atoms with van der Waals surface area (Å²) in [4.78, 5) is 10.3. The minimum atomic E-state index is -0.279. The number of morpholine rings is 1. The smallest absolute Gasteiger partial charge is 0.192 e. The molecule has 8 heteroatoms. The summed E-state index contributed by atoms with van der Waals surface area (Å²) in [7, 11) is 0. The molecule has 104 valence electrons. The monoisotopic (exact) mass is 267 g/mol. The van der Waals surface area contributed by atoms with E-state index in [1.165, 1.54) is 6.20 Å². The zero-order chi connectivity index (χ0) is 13.8. The molecule has 8 nitrogen and oxygen atoms in total. The standard InChI is InChI=1S/C11H17N5O3/c1-7-6-19-8(5-17)4-16(7)11-9(10(12)15-18)13-2-3-14-11/h2-3,7-8,17-18H,4-6H2,1H3,(H2,12,15). The second kappa shape index (κ2) is 5.81. The average Bonchev–Trinajstić information content (AvgIpc) is 2.47. The van der Waals surface area contributed by atoms with Gasteiger partial charge in [0.25, 0.3) is 0 Å². The Morgan fingerprint density at radius 1 is 1.58 bits per heavy atom. The molecule has 0 saturated carbocycles. The van der Waals surface area contributed by atoms with Crippen LogP contribution in [0.15, 0.2) is 17.5 Å². The summed E-state index contributed by atoms with van der Waals surface area (Å²) < 4.78 is 5.47. The minimum absolute atomic E-state index is 0.0599. The summed E-state index contributed by atoms with van der Waals surface area (Å²) in [6.45, 7) is 2.85. The van der Waals surface area contributed by atoms with Crippen LogP contribution in [-0.2, 0) is 4.74 Å². The third kappa shape index (κ3) is 2.74. The average molecular weight is 267 g/mol. The number of oxime groups is 1. The molecule has 2 atom stereocenters. The Labute approximate surface area is 110 Å². The van der Waals surface area contributed by atoms with E-state index in [2.05, 4.69) is 15.1 Å². The van der Waals surface area contributed by atoms with Gasteiger partial charge in [-0.3, -0.25) is 0 Å². The maximum Gasteiger partial charge on any atom is 0.192 e. The normalized spacial score (nSPS) is 24.5. The SMILES string of the molecule is CC1COC(CO)CN1c1nccnc1C(N)=NO. The van der Waals surface area contributed by atoms with E-state index < -0.39 is 0 Å². The molecule has 1 aromatic rings. The van der Waals surface area contributed by atoms with Gasteiger partial charge >= 0.3 is 0 Å². The lowest BCUT2D eigenvalue weighted by molar-refractivity contribution is -0.0106. The number of nitrogens with two attached hydrogens (primary N) is 1. The van der Waals surface area contributed by atoms with E-state index in [0.717, 1.165) is 0 Å². The Morgan fingerprint density at radius 3 is 3.00 bits per heavy atom. The second-order valence-corrected chi connectivity index (χ2v) is 4.35. The summed E-state index contributed by atoms with van der Waals surface area (Å²) >= 11 is 0. The third-order valence-corrected chi connectivity index (χ3v) is 3.01. The number of hydrogen-bond acceptors (Lipinski definition) is 7. The number of amidine groups is 1. The van der Waals surface area contributed by atoms with E-state index in [-0.39, 0.29) is 24.6 Å². The summed E-state index contributed by atoms with van der Waals surface area (Å²) in [5, 5.41) is 20.9. The maximum atomic E-state index is 9.19. The van der Waals surface area contributed by atoms with E-state index in [4.69, 9.17) is 15.7 Å². The van der Waals surface area contributed by atoms with Crippen LogP contribution in [0, 0.1) is 0 Å². The fraction of sp³-hybridized carbons (Fsp3) is 0.545. The molecular weight excluding hydrogens is 250 g/mol. The highest BCUT2D eigenvalue weighted by atomic mass is 16.5. The fourth-order valence-electron chi connectivity index (χ4n) is 1.99. The molecule has 0 radical (unpaired) electrons.